The molecule has 0 atom stereocenters. The third-order valence-electron chi connectivity index (χ3n) is 1.20. The van der Waals surface area contributed by atoms with Gasteiger partial charge in [0.15, 0.2) is 11.6 Å². The van der Waals surface area contributed by atoms with E-state index < -0.39 is 11.6 Å². The average molecular weight is 219 g/mol. The molecular formula is C8H5BrF2. The SMILES string of the molecule is Fc1ccc(/C=C/Br)cc1F. The summed E-state index contributed by atoms with van der Waals surface area (Å²) in [5, 5.41) is 0. The van der Waals surface area contributed by atoms with Crippen LogP contribution in [0.4, 0.5) is 8.78 Å². The van der Waals surface area contributed by atoms with Gasteiger partial charge in [0.05, 0.1) is 0 Å². The van der Waals surface area contributed by atoms with Gasteiger partial charge in [-0.05, 0) is 28.8 Å². The molecule has 0 spiro atoms. The highest BCUT2D eigenvalue weighted by atomic mass is 79.9. The summed E-state index contributed by atoms with van der Waals surface area (Å²) in [6.07, 6.45) is 1.63. The Morgan fingerprint density at radius 3 is 2.45 bits per heavy atom. The van der Waals surface area contributed by atoms with Crippen molar-refractivity contribution in [2.45, 2.75) is 0 Å². The molecule has 0 bridgehead atoms. The predicted molar refractivity (Wildman–Crippen MR) is 44.3 cm³/mol. The summed E-state index contributed by atoms with van der Waals surface area (Å²) in [4.78, 5) is 1.58. The lowest BCUT2D eigenvalue weighted by atomic mass is 10.2. The molecule has 0 radical (unpaired) electrons. The first kappa shape index (κ1) is 8.40. The maximum atomic E-state index is 12.5. The van der Waals surface area contributed by atoms with Crippen LogP contribution in [0.2, 0.25) is 0 Å². The molecule has 0 aliphatic rings. The van der Waals surface area contributed by atoms with Crippen LogP contribution in [0.1, 0.15) is 5.56 Å². The Balaban J connectivity index is 3.05. The van der Waals surface area contributed by atoms with Crippen LogP contribution in [0, 0.1) is 11.6 Å². The molecule has 0 heterocycles. The minimum atomic E-state index is -0.826. The Kier molecular flexibility index (Phi) is 2.76. The molecule has 1 rings (SSSR count). The quantitative estimate of drug-likeness (QED) is 0.679. The van der Waals surface area contributed by atoms with E-state index in [0.29, 0.717) is 5.56 Å². The van der Waals surface area contributed by atoms with Crippen molar-refractivity contribution in [3.63, 3.8) is 0 Å². The molecular weight excluding hydrogens is 214 g/mol. The van der Waals surface area contributed by atoms with Crippen LogP contribution >= 0.6 is 15.9 Å². The van der Waals surface area contributed by atoms with Crippen molar-refractivity contribution in [2.75, 3.05) is 0 Å². The van der Waals surface area contributed by atoms with Gasteiger partial charge < -0.3 is 0 Å². The van der Waals surface area contributed by atoms with E-state index in [2.05, 4.69) is 15.9 Å². The molecule has 0 amide bonds. The van der Waals surface area contributed by atoms with Crippen LogP contribution in [-0.4, -0.2) is 0 Å². The molecule has 0 aliphatic heterocycles. The van der Waals surface area contributed by atoms with Gasteiger partial charge in [0.1, 0.15) is 0 Å². The maximum Gasteiger partial charge on any atom is 0.159 e. The van der Waals surface area contributed by atoms with Gasteiger partial charge in [0.25, 0.3) is 0 Å². The van der Waals surface area contributed by atoms with Crippen molar-refractivity contribution >= 4 is 22.0 Å². The van der Waals surface area contributed by atoms with Crippen molar-refractivity contribution in [1.82, 2.24) is 0 Å². The van der Waals surface area contributed by atoms with E-state index in [4.69, 9.17) is 0 Å². The lowest BCUT2D eigenvalue weighted by molar-refractivity contribution is 0.508. The van der Waals surface area contributed by atoms with Gasteiger partial charge in [0, 0.05) is 0 Å². The molecule has 0 N–H and O–H groups in total. The highest BCUT2D eigenvalue weighted by Crippen LogP contribution is 2.10. The summed E-state index contributed by atoms with van der Waals surface area (Å²) >= 11 is 3.03. The van der Waals surface area contributed by atoms with E-state index in [1.807, 2.05) is 0 Å². The number of benzene rings is 1. The van der Waals surface area contributed by atoms with Crippen LogP contribution in [0.25, 0.3) is 6.08 Å². The molecule has 11 heavy (non-hydrogen) atoms. The monoisotopic (exact) mass is 218 g/mol. The molecule has 0 saturated heterocycles. The molecule has 0 aromatic heterocycles. The van der Waals surface area contributed by atoms with Gasteiger partial charge in [-0.2, -0.15) is 0 Å². The predicted octanol–water partition coefficient (Wildman–Crippen LogP) is 3.33. The fourth-order valence-electron chi connectivity index (χ4n) is 0.689. The molecule has 0 saturated carbocycles. The van der Waals surface area contributed by atoms with E-state index in [1.54, 1.807) is 11.1 Å². The summed E-state index contributed by atoms with van der Waals surface area (Å²) in [7, 11) is 0. The smallest absolute Gasteiger partial charge is 0.159 e. The topological polar surface area (TPSA) is 0 Å². The third kappa shape index (κ3) is 2.12. The summed E-state index contributed by atoms with van der Waals surface area (Å²) in [5.41, 5.74) is 0.626. The number of hydrogen-bond acceptors (Lipinski definition) is 0. The first-order valence-electron chi connectivity index (χ1n) is 2.96. The first-order valence-corrected chi connectivity index (χ1v) is 3.87. The molecule has 0 nitrogen and oxygen atoms in total. The highest BCUT2D eigenvalue weighted by Gasteiger charge is 1.98. The second-order valence-corrected chi connectivity index (χ2v) is 2.49. The maximum absolute atomic E-state index is 12.5. The van der Waals surface area contributed by atoms with Gasteiger partial charge in [-0.3, -0.25) is 0 Å². The Hall–Kier alpha value is -0.700. The zero-order chi connectivity index (χ0) is 8.27. The van der Waals surface area contributed by atoms with Crippen LogP contribution < -0.4 is 0 Å². The van der Waals surface area contributed by atoms with Crippen LogP contribution in [0.15, 0.2) is 23.2 Å². The van der Waals surface area contributed by atoms with Gasteiger partial charge >= 0.3 is 0 Å². The lowest BCUT2D eigenvalue weighted by Gasteiger charge is -1.93. The second kappa shape index (κ2) is 3.62. The normalized spacial score (nSPS) is 10.8. The van der Waals surface area contributed by atoms with Gasteiger partial charge in [-0.1, -0.05) is 22.0 Å². The largest absolute Gasteiger partial charge is 0.204 e. The molecule has 3 heteroatoms. The fraction of sp³-hybridized carbons (Fsp3) is 0. The molecule has 0 aliphatic carbocycles. The standard InChI is InChI=1S/C8H5BrF2/c9-4-3-6-1-2-7(10)8(11)5-6/h1-5H/b4-3+. The van der Waals surface area contributed by atoms with E-state index in [-0.39, 0.29) is 0 Å². The van der Waals surface area contributed by atoms with Crippen LogP contribution in [-0.2, 0) is 0 Å². The average Bonchev–Trinajstić information content (AvgIpc) is 1.98. The van der Waals surface area contributed by atoms with Gasteiger partial charge in [0.2, 0.25) is 0 Å². The van der Waals surface area contributed by atoms with Gasteiger partial charge in [-0.15, -0.1) is 0 Å². The molecule has 58 valence electrons. The Labute approximate surface area is 71.7 Å². The highest BCUT2D eigenvalue weighted by molar-refractivity contribution is 9.11. The van der Waals surface area contributed by atoms with Crippen molar-refractivity contribution in [3.8, 4) is 0 Å². The molecule has 0 unspecified atom stereocenters. The molecule has 0 fully saturated rings. The van der Waals surface area contributed by atoms with Crippen LogP contribution in [0.5, 0.6) is 0 Å². The summed E-state index contributed by atoms with van der Waals surface area (Å²) in [5.74, 6) is -1.65. The first-order chi connectivity index (χ1) is 5.24. The number of rotatable bonds is 1. The van der Waals surface area contributed by atoms with E-state index in [1.165, 1.54) is 6.07 Å². The van der Waals surface area contributed by atoms with E-state index >= 15 is 0 Å². The van der Waals surface area contributed by atoms with Crippen LogP contribution in [0.3, 0.4) is 0 Å². The second-order valence-electron chi connectivity index (χ2n) is 1.97. The van der Waals surface area contributed by atoms with Crippen molar-refractivity contribution < 1.29 is 8.78 Å². The minimum Gasteiger partial charge on any atom is -0.204 e. The third-order valence-corrected chi connectivity index (χ3v) is 1.46. The summed E-state index contributed by atoms with van der Waals surface area (Å²) < 4.78 is 24.8. The van der Waals surface area contributed by atoms with E-state index in [9.17, 15) is 8.78 Å². The minimum absolute atomic E-state index is 0.626. The van der Waals surface area contributed by atoms with Gasteiger partial charge in [-0.25, -0.2) is 8.78 Å². The van der Waals surface area contributed by atoms with Crippen molar-refractivity contribution in [3.05, 3.63) is 40.4 Å². The zero-order valence-corrected chi connectivity index (χ0v) is 7.11. The Morgan fingerprint density at radius 2 is 1.91 bits per heavy atom. The number of halogens is 3. The van der Waals surface area contributed by atoms with E-state index in [0.717, 1.165) is 12.1 Å². The molecule has 1 aromatic rings. The van der Waals surface area contributed by atoms with Crippen molar-refractivity contribution in [2.24, 2.45) is 0 Å². The van der Waals surface area contributed by atoms with Crippen molar-refractivity contribution in [1.29, 1.82) is 0 Å². The Morgan fingerprint density at radius 1 is 1.18 bits per heavy atom. The zero-order valence-electron chi connectivity index (χ0n) is 5.52. The Bertz CT molecular complexity index is 281. The number of hydrogen-bond donors (Lipinski definition) is 0. The lowest BCUT2D eigenvalue weighted by Crippen LogP contribution is -1.82. The summed E-state index contributed by atoms with van der Waals surface area (Å²) in [6.45, 7) is 0. The summed E-state index contributed by atoms with van der Waals surface area (Å²) in [6, 6.07) is 3.72. The molecule has 1 aromatic carbocycles. The fourth-order valence-corrected chi connectivity index (χ4v) is 0.994.